The molecule has 4 aliphatic carbocycles. The predicted molar refractivity (Wildman–Crippen MR) is 179 cm³/mol. The first-order valence-electron chi connectivity index (χ1n) is 15.6. The quantitative estimate of drug-likeness (QED) is 0.178. The van der Waals surface area contributed by atoms with Crippen LogP contribution in [0.2, 0.25) is 0 Å². The lowest BCUT2D eigenvalue weighted by Gasteiger charge is -2.63. The Kier molecular flexibility index (Phi) is 6.66. The Bertz CT molecular complexity index is 1950. The molecule has 0 spiro atoms. The molecule has 1 heterocycles. The van der Waals surface area contributed by atoms with Crippen LogP contribution in [0.15, 0.2) is 102 Å². The molecule has 5 nitrogen and oxygen atoms in total. The van der Waals surface area contributed by atoms with Gasteiger partial charge < -0.3 is 0 Å². The summed E-state index contributed by atoms with van der Waals surface area (Å²) in [5.74, 6) is 2.99. The van der Waals surface area contributed by atoms with Crippen molar-refractivity contribution in [2.24, 2.45) is 11.8 Å². The summed E-state index contributed by atoms with van der Waals surface area (Å²) < 4.78 is 0.860. The first-order chi connectivity index (χ1) is 22.0. The third-order valence-electron chi connectivity index (χ3n) is 10.4. The van der Waals surface area contributed by atoms with Gasteiger partial charge >= 0.3 is 0 Å². The Morgan fingerprint density at radius 2 is 1.24 bits per heavy atom. The fourth-order valence-electron chi connectivity index (χ4n) is 8.96. The average molecular weight is 649 g/mol. The fraction of sp³-hybridized carbons (Fsp3) is 0.256. The highest BCUT2D eigenvalue weighted by molar-refractivity contribution is 9.10. The van der Waals surface area contributed by atoms with E-state index in [9.17, 15) is 5.26 Å². The van der Waals surface area contributed by atoms with Gasteiger partial charge in [-0.3, -0.25) is 0 Å². The molecular weight excluding hydrogens is 618 g/mol. The van der Waals surface area contributed by atoms with Gasteiger partial charge in [-0.05, 0) is 78.9 Å². The van der Waals surface area contributed by atoms with Crippen LogP contribution in [0.25, 0.3) is 39.0 Å². The monoisotopic (exact) mass is 647 g/mol. The third-order valence-corrected chi connectivity index (χ3v) is 11.1. The molecule has 4 bridgehead atoms. The molecule has 4 fully saturated rings. The minimum atomic E-state index is 0.0169. The molecule has 4 aromatic carbocycles. The lowest BCUT2D eigenvalue weighted by molar-refractivity contribution is -0.0281. The zero-order chi connectivity index (χ0) is 30.6. The Balaban J connectivity index is 1.22. The number of hydrogen-bond acceptors (Lipinski definition) is 4. The number of hydrogen-bond donors (Lipinski definition) is 0. The average Bonchev–Trinajstić information content (AvgIpc) is 3.08. The van der Waals surface area contributed by atoms with E-state index in [0.29, 0.717) is 40.6 Å². The zero-order valence-corrected chi connectivity index (χ0v) is 26.3. The van der Waals surface area contributed by atoms with Crippen LogP contribution in [0.1, 0.15) is 55.2 Å². The molecule has 4 saturated carbocycles. The second-order valence-corrected chi connectivity index (χ2v) is 14.1. The standard InChI is InChI=1S/C39H30BrN5/c1-42-34-18-31(13-15-33(34)40)39-21-25-16-26(22-39)20-38(19-25,24-39)30-12-14-32(29(17-30)23-41)37-44-35(27-8-4-2-5-9-27)43-36(45-37)28-10-6-3-7-11-28/h2-15,17-18,25-26H,16,19-22,24H2. The van der Waals surface area contributed by atoms with Gasteiger partial charge in [0.25, 0.3) is 0 Å². The molecule has 6 heteroatoms. The molecule has 2 atom stereocenters. The maximum absolute atomic E-state index is 10.5. The topological polar surface area (TPSA) is 66.8 Å². The summed E-state index contributed by atoms with van der Waals surface area (Å²) in [5.41, 5.74) is 6.47. The Labute approximate surface area is 272 Å². The second kappa shape index (κ2) is 10.8. The van der Waals surface area contributed by atoms with Crippen molar-refractivity contribution in [1.82, 2.24) is 15.0 Å². The van der Waals surface area contributed by atoms with E-state index in [1.165, 1.54) is 30.4 Å². The first-order valence-corrected chi connectivity index (χ1v) is 16.4. The van der Waals surface area contributed by atoms with E-state index in [1.54, 1.807) is 0 Å². The molecule has 1 aromatic heterocycles. The molecule has 2 unspecified atom stereocenters. The number of halogens is 1. The van der Waals surface area contributed by atoms with Crippen LogP contribution in [0.5, 0.6) is 0 Å². The van der Waals surface area contributed by atoms with Gasteiger partial charge in [0.05, 0.1) is 18.2 Å². The van der Waals surface area contributed by atoms with E-state index < -0.39 is 0 Å². The lowest BCUT2D eigenvalue weighted by atomic mass is 9.41. The van der Waals surface area contributed by atoms with Gasteiger partial charge in [0, 0.05) is 21.2 Å². The molecule has 0 saturated heterocycles. The highest BCUT2D eigenvalue weighted by Crippen LogP contribution is 2.66. The molecular formula is C39H30BrN5. The van der Waals surface area contributed by atoms with Crippen LogP contribution >= 0.6 is 15.9 Å². The van der Waals surface area contributed by atoms with Gasteiger partial charge in [-0.1, -0.05) is 106 Å². The minimum Gasteiger partial charge on any atom is -0.237 e. The minimum absolute atomic E-state index is 0.0169. The molecule has 5 aromatic rings. The maximum atomic E-state index is 10.5. The summed E-state index contributed by atoms with van der Waals surface area (Å²) in [5, 5.41) is 10.5. The summed E-state index contributed by atoms with van der Waals surface area (Å²) in [6, 6.07) is 35.2. The van der Waals surface area contributed by atoms with Crippen molar-refractivity contribution in [3.8, 4) is 40.2 Å². The van der Waals surface area contributed by atoms with Crippen molar-refractivity contribution in [2.75, 3.05) is 0 Å². The van der Waals surface area contributed by atoms with Crippen LogP contribution in [0, 0.1) is 29.7 Å². The molecule has 45 heavy (non-hydrogen) atoms. The molecule has 4 aliphatic rings. The highest BCUT2D eigenvalue weighted by atomic mass is 79.9. The summed E-state index contributed by atoms with van der Waals surface area (Å²) in [6.45, 7) is 7.70. The van der Waals surface area contributed by atoms with Gasteiger partial charge in [-0.25, -0.2) is 19.8 Å². The third kappa shape index (κ3) is 4.76. The van der Waals surface area contributed by atoms with Gasteiger partial charge in [0.1, 0.15) is 0 Å². The van der Waals surface area contributed by atoms with E-state index in [-0.39, 0.29) is 10.8 Å². The number of benzene rings is 4. The number of aromatic nitrogens is 3. The van der Waals surface area contributed by atoms with Crippen molar-refractivity contribution in [3.05, 3.63) is 130 Å². The Hall–Kier alpha value is -4.65. The van der Waals surface area contributed by atoms with Crippen molar-refractivity contribution in [2.45, 2.75) is 49.4 Å². The molecule has 0 N–H and O–H groups in total. The van der Waals surface area contributed by atoms with Crippen LogP contribution in [-0.2, 0) is 10.8 Å². The lowest BCUT2D eigenvalue weighted by Crippen LogP contribution is -2.55. The second-order valence-electron chi connectivity index (χ2n) is 13.2. The van der Waals surface area contributed by atoms with Gasteiger partial charge in [-0.15, -0.1) is 0 Å². The number of nitriles is 1. The van der Waals surface area contributed by atoms with Gasteiger partial charge in [-0.2, -0.15) is 5.26 Å². The fourth-order valence-corrected chi connectivity index (χ4v) is 9.29. The maximum Gasteiger partial charge on any atom is 0.201 e. The molecule has 0 radical (unpaired) electrons. The van der Waals surface area contributed by atoms with Crippen molar-refractivity contribution in [3.63, 3.8) is 0 Å². The zero-order valence-electron chi connectivity index (χ0n) is 24.7. The Morgan fingerprint density at radius 1 is 0.711 bits per heavy atom. The van der Waals surface area contributed by atoms with E-state index in [2.05, 4.69) is 63.2 Å². The summed E-state index contributed by atoms with van der Waals surface area (Å²) in [7, 11) is 0. The summed E-state index contributed by atoms with van der Waals surface area (Å²) in [6.07, 6.45) is 7.02. The van der Waals surface area contributed by atoms with E-state index in [4.69, 9.17) is 21.5 Å². The molecule has 0 aliphatic heterocycles. The predicted octanol–water partition coefficient (Wildman–Crippen LogP) is 9.85. The molecule has 9 rings (SSSR count). The van der Waals surface area contributed by atoms with Gasteiger partial charge in [0.2, 0.25) is 5.69 Å². The largest absolute Gasteiger partial charge is 0.237 e. The molecule has 218 valence electrons. The van der Waals surface area contributed by atoms with Crippen molar-refractivity contribution in [1.29, 1.82) is 5.26 Å². The molecule has 0 amide bonds. The number of nitrogens with zero attached hydrogens (tertiary/aromatic N) is 5. The van der Waals surface area contributed by atoms with Crippen LogP contribution < -0.4 is 0 Å². The van der Waals surface area contributed by atoms with E-state index in [0.717, 1.165) is 40.4 Å². The van der Waals surface area contributed by atoms with Crippen LogP contribution in [0.4, 0.5) is 5.69 Å². The highest BCUT2D eigenvalue weighted by Gasteiger charge is 2.58. The summed E-state index contributed by atoms with van der Waals surface area (Å²) in [4.78, 5) is 18.4. The smallest absolute Gasteiger partial charge is 0.201 e. The summed E-state index contributed by atoms with van der Waals surface area (Å²) >= 11 is 3.57. The normalized spacial score (nSPS) is 24.6. The van der Waals surface area contributed by atoms with E-state index >= 15 is 0 Å². The number of rotatable bonds is 5. The van der Waals surface area contributed by atoms with Crippen LogP contribution in [0.3, 0.4) is 0 Å². The van der Waals surface area contributed by atoms with Crippen molar-refractivity contribution < 1.29 is 0 Å². The SMILES string of the molecule is [C-]#[N+]c1cc(C23CC4CC(CC(c5ccc(-c6nc(-c7ccccc7)nc(-c7ccccc7)n6)c(C#N)c5)(C4)C2)C3)ccc1Br. The van der Waals surface area contributed by atoms with Gasteiger partial charge in [0.15, 0.2) is 17.5 Å². The van der Waals surface area contributed by atoms with E-state index in [1.807, 2.05) is 60.7 Å². The van der Waals surface area contributed by atoms with Crippen LogP contribution in [-0.4, -0.2) is 15.0 Å². The van der Waals surface area contributed by atoms with Crippen molar-refractivity contribution >= 4 is 21.6 Å². The first kappa shape index (κ1) is 27.9. The Morgan fingerprint density at radius 3 is 1.80 bits per heavy atom.